The number of methoxy groups -OCH3 is 1. The van der Waals surface area contributed by atoms with Gasteiger partial charge in [-0.1, -0.05) is 42.5 Å². The molecule has 0 radical (unpaired) electrons. The van der Waals surface area contributed by atoms with Gasteiger partial charge in [0.25, 0.3) is 0 Å². The van der Waals surface area contributed by atoms with Gasteiger partial charge < -0.3 is 34.3 Å². The Morgan fingerprint density at radius 1 is 0.857 bits per heavy atom. The lowest BCUT2D eigenvalue weighted by atomic mass is 9.98. The van der Waals surface area contributed by atoms with Crippen molar-refractivity contribution in [2.24, 2.45) is 0 Å². The van der Waals surface area contributed by atoms with Crippen molar-refractivity contribution in [1.29, 1.82) is 0 Å². The quantitative estimate of drug-likeness (QED) is 0.624. The maximum atomic E-state index is 10.5. The molecular formula is C21H26O7. The van der Waals surface area contributed by atoms with E-state index in [9.17, 15) is 15.3 Å². The summed E-state index contributed by atoms with van der Waals surface area (Å²) in [6, 6.07) is 16.8. The van der Waals surface area contributed by atoms with E-state index >= 15 is 0 Å². The van der Waals surface area contributed by atoms with Gasteiger partial charge in [-0.25, -0.2) is 0 Å². The molecule has 0 amide bonds. The molecule has 1 aliphatic heterocycles. The summed E-state index contributed by atoms with van der Waals surface area (Å²) < 4.78 is 22.1. The zero-order valence-corrected chi connectivity index (χ0v) is 15.7. The third-order valence-electron chi connectivity index (χ3n) is 4.70. The van der Waals surface area contributed by atoms with Crippen molar-refractivity contribution in [3.63, 3.8) is 0 Å². The molecule has 3 N–H and O–H groups in total. The van der Waals surface area contributed by atoms with Crippen LogP contribution in [0.5, 0.6) is 5.75 Å². The second kappa shape index (κ2) is 9.97. The first-order valence-electron chi connectivity index (χ1n) is 9.15. The van der Waals surface area contributed by atoms with Crippen LogP contribution in [0.25, 0.3) is 0 Å². The Hall–Kier alpha value is -2.00. The van der Waals surface area contributed by atoms with E-state index in [2.05, 4.69) is 0 Å². The van der Waals surface area contributed by atoms with Crippen LogP contribution in [0.3, 0.4) is 0 Å². The first-order valence-corrected chi connectivity index (χ1v) is 9.15. The molecule has 0 bridgehead atoms. The second-order valence-electron chi connectivity index (χ2n) is 6.62. The summed E-state index contributed by atoms with van der Waals surface area (Å²) in [5, 5.41) is 30.3. The fraction of sp³-hybridized carbons (Fsp3) is 0.429. The standard InChI is InChI=1S/C21H26O7/c1-25-16-9-7-15(8-10-16)13-27-20-19(18(23)17(11-22)28-21(20)24)26-12-14-5-3-2-4-6-14/h2-10,17-24H,11-13H2,1H3/t17?,18-,19-,20?,21+/m0/s1. The smallest absolute Gasteiger partial charge is 0.184 e. The van der Waals surface area contributed by atoms with Gasteiger partial charge in [0.1, 0.15) is 30.2 Å². The Kier molecular flexibility index (Phi) is 7.38. The predicted molar refractivity (Wildman–Crippen MR) is 101 cm³/mol. The summed E-state index contributed by atoms with van der Waals surface area (Å²) in [6.45, 7) is -0.0127. The molecule has 0 aromatic heterocycles. The van der Waals surface area contributed by atoms with Crippen LogP contribution in [0, 0.1) is 0 Å². The Morgan fingerprint density at radius 2 is 1.46 bits per heavy atom. The van der Waals surface area contributed by atoms with E-state index < -0.39 is 37.3 Å². The number of aliphatic hydroxyl groups is 3. The summed E-state index contributed by atoms with van der Waals surface area (Å²) >= 11 is 0. The number of benzene rings is 2. The minimum atomic E-state index is -1.33. The van der Waals surface area contributed by atoms with Crippen LogP contribution in [-0.2, 0) is 27.4 Å². The molecule has 1 saturated heterocycles. The topological polar surface area (TPSA) is 97.6 Å². The van der Waals surface area contributed by atoms with Gasteiger partial charge in [-0.2, -0.15) is 0 Å². The Balaban J connectivity index is 1.68. The van der Waals surface area contributed by atoms with E-state index in [1.54, 1.807) is 7.11 Å². The van der Waals surface area contributed by atoms with Gasteiger partial charge in [0.15, 0.2) is 6.29 Å². The van der Waals surface area contributed by atoms with Crippen molar-refractivity contribution in [1.82, 2.24) is 0 Å². The van der Waals surface area contributed by atoms with Crippen LogP contribution >= 0.6 is 0 Å². The number of rotatable bonds is 8. The molecule has 7 heteroatoms. The summed E-state index contributed by atoms with van der Waals surface area (Å²) in [6.07, 6.45) is -5.20. The van der Waals surface area contributed by atoms with Gasteiger partial charge in [-0.3, -0.25) is 0 Å². The molecule has 2 aromatic rings. The minimum Gasteiger partial charge on any atom is -0.497 e. The van der Waals surface area contributed by atoms with Crippen molar-refractivity contribution in [3.05, 3.63) is 65.7 Å². The van der Waals surface area contributed by atoms with Crippen molar-refractivity contribution in [2.75, 3.05) is 13.7 Å². The molecule has 1 aliphatic rings. The van der Waals surface area contributed by atoms with Crippen LogP contribution in [0.4, 0.5) is 0 Å². The van der Waals surface area contributed by atoms with E-state index in [0.29, 0.717) is 0 Å². The first kappa shape index (κ1) is 20.7. The van der Waals surface area contributed by atoms with Crippen molar-refractivity contribution in [2.45, 2.75) is 43.9 Å². The number of hydrogen-bond donors (Lipinski definition) is 3. The van der Waals surface area contributed by atoms with Gasteiger partial charge in [0.2, 0.25) is 0 Å². The second-order valence-corrected chi connectivity index (χ2v) is 6.62. The molecule has 28 heavy (non-hydrogen) atoms. The lowest BCUT2D eigenvalue weighted by Gasteiger charge is -2.42. The van der Waals surface area contributed by atoms with Gasteiger partial charge in [-0.15, -0.1) is 0 Å². The summed E-state index contributed by atoms with van der Waals surface area (Å²) in [4.78, 5) is 0. The summed E-state index contributed by atoms with van der Waals surface area (Å²) in [7, 11) is 1.59. The molecule has 1 heterocycles. The molecule has 7 nitrogen and oxygen atoms in total. The SMILES string of the molecule is COc1ccc(COC2[C@H](O)OC(CO)[C@H](O)[C@@H]2OCc2ccccc2)cc1. The van der Waals surface area contributed by atoms with Gasteiger partial charge >= 0.3 is 0 Å². The molecule has 2 aromatic carbocycles. The zero-order valence-electron chi connectivity index (χ0n) is 15.7. The predicted octanol–water partition coefficient (Wildman–Crippen LogP) is 1.24. The highest BCUT2D eigenvalue weighted by Crippen LogP contribution is 2.26. The normalized spacial score (nSPS) is 27.5. The lowest BCUT2D eigenvalue weighted by Crippen LogP contribution is -2.60. The molecular weight excluding hydrogens is 364 g/mol. The largest absolute Gasteiger partial charge is 0.497 e. The van der Waals surface area contributed by atoms with Crippen LogP contribution in [0.1, 0.15) is 11.1 Å². The van der Waals surface area contributed by atoms with E-state index in [1.807, 2.05) is 54.6 Å². The molecule has 0 saturated carbocycles. The van der Waals surface area contributed by atoms with Crippen LogP contribution < -0.4 is 4.74 Å². The highest BCUT2D eigenvalue weighted by atomic mass is 16.7. The molecule has 3 rings (SSSR count). The fourth-order valence-electron chi connectivity index (χ4n) is 3.11. The molecule has 0 spiro atoms. The third kappa shape index (κ3) is 5.08. The molecule has 0 aliphatic carbocycles. The maximum absolute atomic E-state index is 10.5. The first-order chi connectivity index (χ1) is 13.6. The van der Waals surface area contributed by atoms with E-state index in [4.69, 9.17) is 18.9 Å². The highest BCUT2D eigenvalue weighted by Gasteiger charge is 2.46. The summed E-state index contributed by atoms with van der Waals surface area (Å²) in [5.41, 5.74) is 1.79. The monoisotopic (exact) mass is 390 g/mol. The molecule has 2 unspecified atom stereocenters. The molecule has 5 atom stereocenters. The van der Waals surface area contributed by atoms with Crippen LogP contribution in [0.2, 0.25) is 0 Å². The van der Waals surface area contributed by atoms with Crippen molar-refractivity contribution < 1.29 is 34.3 Å². The lowest BCUT2D eigenvalue weighted by molar-refractivity contribution is -0.307. The Labute approximate surface area is 164 Å². The van der Waals surface area contributed by atoms with Crippen LogP contribution in [0.15, 0.2) is 54.6 Å². The Morgan fingerprint density at radius 3 is 2.07 bits per heavy atom. The fourth-order valence-corrected chi connectivity index (χ4v) is 3.11. The maximum Gasteiger partial charge on any atom is 0.184 e. The third-order valence-corrected chi connectivity index (χ3v) is 4.70. The average Bonchev–Trinajstić information content (AvgIpc) is 2.74. The average molecular weight is 390 g/mol. The Bertz CT molecular complexity index is 706. The number of hydrogen-bond acceptors (Lipinski definition) is 7. The number of ether oxygens (including phenoxy) is 4. The minimum absolute atomic E-state index is 0.191. The zero-order chi connectivity index (χ0) is 19.9. The highest BCUT2D eigenvalue weighted by molar-refractivity contribution is 5.26. The number of aliphatic hydroxyl groups excluding tert-OH is 3. The van der Waals surface area contributed by atoms with E-state index in [0.717, 1.165) is 16.9 Å². The van der Waals surface area contributed by atoms with Crippen molar-refractivity contribution in [3.8, 4) is 5.75 Å². The van der Waals surface area contributed by atoms with Gasteiger partial charge in [-0.05, 0) is 23.3 Å². The van der Waals surface area contributed by atoms with Crippen LogP contribution in [-0.4, -0.2) is 59.7 Å². The van der Waals surface area contributed by atoms with E-state index in [1.165, 1.54) is 0 Å². The summed E-state index contributed by atoms with van der Waals surface area (Å²) in [5.74, 6) is 0.732. The van der Waals surface area contributed by atoms with Gasteiger partial charge in [0.05, 0.1) is 26.9 Å². The van der Waals surface area contributed by atoms with Gasteiger partial charge in [0, 0.05) is 0 Å². The van der Waals surface area contributed by atoms with E-state index in [-0.39, 0.29) is 13.2 Å². The molecule has 152 valence electrons. The molecule has 1 fully saturated rings. The van der Waals surface area contributed by atoms with Crippen molar-refractivity contribution >= 4 is 0 Å².